The second-order valence-corrected chi connectivity index (χ2v) is 22.3. The monoisotopic (exact) mass is 1170 g/mol. The number of nitrogen functional groups attached to an aromatic ring is 1. The summed E-state index contributed by atoms with van der Waals surface area (Å²) in [5.74, 6) is -0.137. The number of nitrogens with one attached hydrogen (secondary N) is 4. The number of aliphatic carboxylic acids is 1. The highest BCUT2D eigenvalue weighted by Crippen LogP contribution is 2.27. The molecule has 3 aromatic carbocycles. The molecular formula is C63H102Cl2N6O10. The number of ether oxygens (including phenoxy) is 3. The molecule has 0 saturated heterocycles. The van der Waals surface area contributed by atoms with E-state index < -0.39 is 17.2 Å². The van der Waals surface area contributed by atoms with Gasteiger partial charge in [-0.1, -0.05) is 94.2 Å². The van der Waals surface area contributed by atoms with E-state index in [0.29, 0.717) is 26.2 Å². The van der Waals surface area contributed by atoms with Crippen LogP contribution in [0.1, 0.15) is 188 Å². The van der Waals surface area contributed by atoms with Gasteiger partial charge in [0, 0.05) is 55.3 Å². The number of halogens is 2. The SMILES string of the molecule is CC(C)(C)OC(=O)NCCCc1cccc(N)c1.CC(C)(C)OC(=O)NCCCc1cccc(NC(=O)C2CCCCC2)c1.CCOC(C)=O.CCl.Cl.NCCCc1cccc(NC(=O)C2CCCCC2)c1.O=C(O)C1CCCCC1. The molecule has 4 amide bonds. The molecule has 0 unspecified atom stereocenters. The summed E-state index contributed by atoms with van der Waals surface area (Å²) in [7, 11) is 0. The van der Waals surface area contributed by atoms with Crippen molar-refractivity contribution in [1.29, 1.82) is 0 Å². The molecule has 81 heavy (non-hydrogen) atoms. The predicted molar refractivity (Wildman–Crippen MR) is 332 cm³/mol. The number of carbonyl (C=O) groups is 6. The van der Waals surface area contributed by atoms with E-state index in [2.05, 4.69) is 49.7 Å². The van der Waals surface area contributed by atoms with Crippen molar-refractivity contribution in [3.05, 3.63) is 89.5 Å². The summed E-state index contributed by atoms with van der Waals surface area (Å²) in [5.41, 5.74) is 16.4. The van der Waals surface area contributed by atoms with E-state index in [0.717, 1.165) is 125 Å². The number of hydrogen-bond acceptors (Lipinski definition) is 11. The molecule has 6 rings (SSSR count). The van der Waals surface area contributed by atoms with Gasteiger partial charge in [0.2, 0.25) is 11.8 Å². The number of carbonyl (C=O) groups excluding carboxylic acids is 5. The number of anilines is 3. The van der Waals surface area contributed by atoms with E-state index >= 15 is 0 Å². The van der Waals surface area contributed by atoms with E-state index in [1.165, 1.54) is 56.5 Å². The fourth-order valence-corrected chi connectivity index (χ4v) is 9.03. The van der Waals surface area contributed by atoms with Crippen LogP contribution in [0.3, 0.4) is 0 Å². The van der Waals surface area contributed by atoms with Gasteiger partial charge in [-0.2, -0.15) is 0 Å². The Balaban J connectivity index is 0.00000104. The van der Waals surface area contributed by atoms with Crippen LogP contribution in [-0.2, 0) is 52.7 Å². The molecule has 3 saturated carbocycles. The third kappa shape index (κ3) is 39.5. The maximum atomic E-state index is 12.4. The molecule has 3 aliphatic rings. The van der Waals surface area contributed by atoms with Crippen molar-refractivity contribution in [1.82, 2.24) is 10.6 Å². The smallest absolute Gasteiger partial charge is 0.407 e. The number of carboxylic acid groups (broad SMARTS) is 1. The Morgan fingerprint density at radius 3 is 1.23 bits per heavy atom. The van der Waals surface area contributed by atoms with Crippen molar-refractivity contribution in [2.75, 3.05) is 49.0 Å². The highest BCUT2D eigenvalue weighted by molar-refractivity contribution is 6.15. The molecule has 9 N–H and O–H groups in total. The zero-order valence-electron chi connectivity index (χ0n) is 50.4. The average molecular weight is 1170 g/mol. The summed E-state index contributed by atoms with van der Waals surface area (Å²) in [6.45, 7) is 16.6. The summed E-state index contributed by atoms with van der Waals surface area (Å²) in [4.78, 5) is 67.7. The van der Waals surface area contributed by atoms with Crippen LogP contribution in [0.5, 0.6) is 0 Å². The fraction of sp³-hybridized carbons (Fsp3) is 0.619. The summed E-state index contributed by atoms with van der Waals surface area (Å²) in [6.07, 6.45) is 22.6. The Bertz CT molecular complexity index is 2220. The van der Waals surface area contributed by atoms with Gasteiger partial charge in [-0.05, 0) is 185 Å². The second kappa shape index (κ2) is 44.1. The third-order valence-electron chi connectivity index (χ3n) is 12.9. The van der Waals surface area contributed by atoms with Gasteiger partial charge >= 0.3 is 24.1 Å². The largest absolute Gasteiger partial charge is 0.481 e. The van der Waals surface area contributed by atoms with E-state index in [-0.39, 0.29) is 60.1 Å². The first-order valence-corrected chi connectivity index (χ1v) is 29.8. The Morgan fingerprint density at radius 1 is 0.568 bits per heavy atom. The molecule has 0 aliphatic heterocycles. The number of hydrogen-bond donors (Lipinski definition) is 7. The standard InChI is InChI=1S/C21H32N2O3.C16H24N2O.C14H22N2O2.C7H12O2.C4H8O2.CH3Cl.ClH/c1-21(2,3)26-20(25)22-14-8-10-16-9-7-13-18(15-16)23-19(24)17-11-5-4-6-12-17;17-11-5-7-13-6-4-10-15(12-13)18-16(19)14-8-2-1-3-9-14;1-14(2,3)18-13(17)16-9-5-7-11-6-4-8-12(15)10-11;8-7(9)6-4-2-1-3-5-6;1-3-6-4(2)5;1-2;/h7,9,13,15,17H,4-6,8,10-12,14H2,1-3H3,(H,22,25)(H,23,24);4,6,10,12,14H,1-3,5,7-9,11,17H2,(H,18,19);4,6,8,10H,5,7,9,15H2,1-3H3,(H,16,17);6H,1-5H2,(H,8,9);3H2,1-2H3;1H3;1H. The van der Waals surface area contributed by atoms with Crippen molar-refractivity contribution in [2.45, 2.75) is 201 Å². The van der Waals surface area contributed by atoms with Gasteiger partial charge in [-0.15, -0.1) is 24.0 Å². The minimum Gasteiger partial charge on any atom is -0.481 e. The number of rotatable bonds is 17. The van der Waals surface area contributed by atoms with Gasteiger partial charge in [-0.3, -0.25) is 19.2 Å². The van der Waals surface area contributed by atoms with Crippen LogP contribution in [0.25, 0.3) is 0 Å². The summed E-state index contributed by atoms with van der Waals surface area (Å²) in [6, 6.07) is 23.9. The molecular weight excluding hydrogens is 1070 g/mol. The topological polar surface area (TPSA) is 250 Å². The number of esters is 1. The van der Waals surface area contributed by atoms with E-state index in [4.69, 9.17) is 26.0 Å². The lowest BCUT2D eigenvalue weighted by Gasteiger charge is -2.21. The number of alkyl carbamates (subject to hydrolysis) is 2. The number of benzene rings is 3. The van der Waals surface area contributed by atoms with Crippen molar-refractivity contribution in [3.63, 3.8) is 0 Å². The van der Waals surface area contributed by atoms with E-state index in [1.807, 2.05) is 102 Å². The molecule has 0 atom stereocenters. The Labute approximate surface area is 496 Å². The van der Waals surface area contributed by atoms with Crippen LogP contribution in [0.4, 0.5) is 26.7 Å². The summed E-state index contributed by atoms with van der Waals surface area (Å²) in [5, 5.41) is 20.2. The number of nitrogens with two attached hydrogens (primary N) is 2. The van der Waals surface area contributed by atoms with Gasteiger partial charge in [-0.25, -0.2) is 9.59 Å². The lowest BCUT2D eigenvalue weighted by molar-refractivity contribution is -0.143. The molecule has 0 heterocycles. The zero-order valence-corrected chi connectivity index (χ0v) is 52.0. The van der Waals surface area contributed by atoms with E-state index in [9.17, 15) is 28.8 Å². The Morgan fingerprint density at radius 2 is 0.926 bits per heavy atom. The number of alkyl halides is 1. The normalized spacial score (nSPS) is 14.3. The minimum absolute atomic E-state index is 0. The van der Waals surface area contributed by atoms with Crippen LogP contribution >= 0.6 is 24.0 Å². The molecule has 16 nitrogen and oxygen atoms in total. The molecule has 3 aliphatic carbocycles. The highest BCUT2D eigenvalue weighted by atomic mass is 35.5. The van der Waals surface area contributed by atoms with Gasteiger partial charge in [0.25, 0.3) is 0 Å². The lowest BCUT2D eigenvalue weighted by Crippen LogP contribution is -2.33. The first-order chi connectivity index (χ1) is 38.1. The highest BCUT2D eigenvalue weighted by Gasteiger charge is 2.23. The maximum Gasteiger partial charge on any atom is 0.407 e. The Hall–Kier alpha value is -5.58. The predicted octanol–water partition coefficient (Wildman–Crippen LogP) is 14.0. The van der Waals surface area contributed by atoms with Crippen LogP contribution in [0.2, 0.25) is 0 Å². The molecule has 18 heteroatoms. The second-order valence-electron chi connectivity index (χ2n) is 22.3. The molecule has 0 aromatic heterocycles. The maximum absolute atomic E-state index is 12.4. The zero-order chi connectivity index (χ0) is 59.8. The molecule has 0 radical (unpaired) electrons. The van der Waals surface area contributed by atoms with Crippen molar-refractivity contribution < 1.29 is 48.1 Å². The van der Waals surface area contributed by atoms with Crippen molar-refractivity contribution in [3.8, 4) is 0 Å². The van der Waals surface area contributed by atoms with Crippen molar-refractivity contribution in [2.24, 2.45) is 23.5 Å². The number of carboxylic acids is 1. The molecule has 458 valence electrons. The summed E-state index contributed by atoms with van der Waals surface area (Å²) < 4.78 is 14.8. The molecule has 3 fully saturated rings. The van der Waals surface area contributed by atoms with Crippen LogP contribution < -0.4 is 32.7 Å². The molecule has 0 spiro atoms. The first-order valence-electron chi connectivity index (χ1n) is 29.1. The van der Waals surface area contributed by atoms with Gasteiger partial charge in [0.05, 0.1) is 12.5 Å². The Kier molecular flexibility index (Phi) is 41.0. The van der Waals surface area contributed by atoms with Gasteiger partial charge < -0.3 is 52.1 Å². The average Bonchev–Trinajstić information content (AvgIpc) is 3.42. The fourth-order valence-electron chi connectivity index (χ4n) is 9.03. The van der Waals surface area contributed by atoms with Crippen molar-refractivity contribution >= 4 is 77.0 Å². The molecule has 3 aromatic rings. The lowest BCUT2D eigenvalue weighted by atomic mass is 9.88. The first kappa shape index (κ1) is 75.4. The summed E-state index contributed by atoms with van der Waals surface area (Å²) >= 11 is 4.64. The van der Waals surface area contributed by atoms with Crippen LogP contribution in [-0.4, -0.2) is 84.9 Å². The number of aryl methyl sites for hydroxylation is 3. The van der Waals surface area contributed by atoms with Crippen LogP contribution in [0, 0.1) is 17.8 Å². The van der Waals surface area contributed by atoms with Crippen LogP contribution in [0.15, 0.2) is 72.8 Å². The van der Waals surface area contributed by atoms with Gasteiger partial charge in [0.15, 0.2) is 0 Å². The molecule has 0 bridgehead atoms. The van der Waals surface area contributed by atoms with Gasteiger partial charge in [0.1, 0.15) is 11.2 Å². The third-order valence-corrected chi connectivity index (χ3v) is 12.9. The minimum atomic E-state index is -0.602. The quantitative estimate of drug-likeness (QED) is 0.0219. The van der Waals surface area contributed by atoms with E-state index in [1.54, 1.807) is 6.92 Å². The number of amides is 4.